The highest BCUT2D eigenvalue weighted by Gasteiger charge is 2.46. The highest BCUT2D eigenvalue weighted by molar-refractivity contribution is 7.13. The van der Waals surface area contributed by atoms with Gasteiger partial charge in [-0.25, -0.2) is 4.98 Å². The molecule has 1 aromatic carbocycles. The maximum atomic E-state index is 13.3. The van der Waals surface area contributed by atoms with E-state index < -0.39 is 22.7 Å². The molecule has 30 heavy (non-hydrogen) atoms. The third-order valence-corrected chi connectivity index (χ3v) is 7.02. The average molecular weight is 454 g/mol. The van der Waals surface area contributed by atoms with E-state index in [-0.39, 0.29) is 17.6 Å². The van der Waals surface area contributed by atoms with Crippen LogP contribution in [-0.2, 0) is 12.7 Å². The van der Waals surface area contributed by atoms with Crippen LogP contribution in [0.15, 0.2) is 23.7 Å². The molecule has 2 aliphatic rings. The summed E-state index contributed by atoms with van der Waals surface area (Å²) in [6.45, 7) is 2.38. The lowest BCUT2D eigenvalue weighted by atomic mass is 10.1. The molecule has 1 fully saturated rings. The first-order valence-electron chi connectivity index (χ1n) is 9.29. The van der Waals surface area contributed by atoms with E-state index in [0.717, 1.165) is 23.1 Å². The van der Waals surface area contributed by atoms with Gasteiger partial charge in [0.1, 0.15) is 0 Å². The zero-order valence-electron chi connectivity index (χ0n) is 15.6. The summed E-state index contributed by atoms with van der Waals surface area (Å²) >= 11 is 7.48. The van der Waals surface area contributed by atoms with Crippen molar-refractivity contribution in [3.63, 3.8) is 0 Å². The van der Waals surface area contributed by atoms with E-state index in [1.54, 1.807) is 10.4 Å². The Labute approximate surface area is 178 Å². The van der Waals surface area contributed by atoms with Gasteiger partial charge >= 0.3 is 6.18 Å². The van der Waals surface area contributed by atoms with Crippen LogP contribution in [0.2, 0.25) is 5.02 Å². The van der Waals surface area contributed by atoms with Crippen molar-refractivity contribution in [3.05, 3.63) is 51.4 Å². The van der Waals surface area contributed by atoms with Crippen molar-refractivity contribution < 1.29 is 18.0 Å². The maximum Gasteiger partial charge on any atom is 0.417 e. The summed E-state index contributed by atoms with van der Waals surface area (Å²) < 4.78 is 41.7. The van der Waals surface area contributed by atoms with Crippen LogP contribution in [0.3, 0.4) is 0 Å². The van der Waals surface area contributed by atoms with Crippen LogP contribution in [-0.4, -0.2) is 36.6 Å². The summed E-state index contributed by atoms with van der Waals surface area (Å²) in [6, 6.07) is 2.91. The Hall–Kier alpha value is -2.46. The fraction of sp³-hybridized carbons (Fsp3) is 0.368. The fourth-order valence-electron chi connectivity index (χ4n) is 4.32. The van der Waals surface area contributed by atoms with Crippen molar-refractivity contribution in [3.8, 4) is 10.7 Å². The molecule has 0 unspecified atom stereocenters. The molecule has 0 aliphatic carbocycles. The summed E-state index contributed by atoms with van der Waals surface area (Å²) in [5, 5.41) is 8.08. The van der Waals surface area contributed by atoms with E-state index >= 15 is 0 Å². The first-order valence-corrected chi connectivity index (χ1v) is 10.5. The number of thiazole rings is 1. The van der Waals surface area contributed by atoms with Gasteiger partial charge in [-0.2, -0.15) is 13.2 Å². The number of amides is 1. The molecule has 1 saturated heterocycles. The molecule has 0 N–H and O–H groups in total. The molecule has 3 aromatic rings. The van der Waals surface area contributed by atoms with Crippen molar-refractivity contribution in [1.82, 2.24) is 24.6 Å². The van der Waals surface area contributed by atoms with Gasteiger partial charge in [0.25, 0.3) is 5.91 Å². The number of halogens is 4. The van der Waals surface area contributed by atoms with Gasteiger partial charge in [-0.15, -0.1) is 21.5 Å². The minimum Gasteiger partial charge on any atom is -0.324 e. The number of alkyl halides is 3. The lowest BCUT2D eigenvalue weighted by Crippen LogP contribution is -2.44. The summed E-state index contributed by atoms with van der Waals surface area (Å²) in [4.78, 5) is 20.1. The molecule has 11 heteroatoms. The smallest absolute Gasteiger partial charge is 0.324 e. The molecule has 2 atom stereocenters. The number of hydrogen-bond donors (Lipinski definition) is 0. The molecule has 6 nitrogen and oxygen atoms in total. The monoisotopic (exact) mass is 453 g/mol. The van der Waals surface area contributed by atoms with Crippen LogP contribution in [0.4, 0.5) is 13.2 Å². The second kappa shape index (κ2) is 6.78. The van der Waals surface area contributed by atoms with Crippen LogP contribution in [0.25, 0.3) is 10.7 Å². The highest BCUT2D eigenvalue weighted by atomic mass is 35.5. The maximum absolute atomic E-state index is 13.3. The summed E-state index contributed by atoms with van der Waals surface area (Å²) in [5.74, 6) is 0.845. The van der Waals surface area contributed by atoms with E-state index in [4.69, 9.17) is 11.6 Å². The van der Waals surface area contributed by atoms with Crippen molar-refractivity contribution >= 4 is 28.8 Å². The molecular formula is C19H15ClF3N5OS. The van der Waals surface area contributed by atoms with E-state index in [2.05, 4.69) is 15.2 Å². The van der Waals surface area contributed by atoms with Crippen molar-refractivity contribution in [1.29, 1.82) is 0 Å². The molecule has 5 rings (SSSR count). The van der Waals surface area contributed by atoms with Gasteiger partial charge in [-0.3, -0.25) is 4.79 Å². The Kier molecular flexibility index (Phi) is 4.41. The second-order valence-electron chi connectivity index (χ2n) is 7.38. The molecule has 2 bridgehead atoms. The third-order valence-electron chi connectivity index (χ3n) is 5.69. The Balaban J connectivity index is 1.53. The standard InChI is InChI=1S/C19H15ClF3N5OS/c1-9-15(30-8-24-9)17-26-25-16-13-6-5-10(7-27(16)17)28(13)18(29)11-3-2-4-12(14(11)20)19(21,22)23/h2-4,8,10,13H,5-7H2,1H3/t10-,13+/m0/s1. The van der Waals surface area contributed by atoms with E-state index in [1.807, 2.05) is 11.5 Å². The van der Waals surface area contributed by atoms with E-state index in [0.29, 0.717) is 24.6 Å². The topological polar surface area (TPSA) is 63.9 Å². The number of benzene rings is 1. The van der Waals surface area contributed by atoms with Gasteiger partial charge in [-0.1, -0.05) is 17.7 Å². The number of rotatable bonds is 2. The zero-order chi connectivity index (χ0) is 21.2. The number of aryl methyl sites for hydroxylation is 1. The number of nitrogens with zero attached hydrogens (tertiary/aromatic N) is 5. The molecule has 0 spiro atoms. The van der Waals surface area contributed by atoms with Crippen molar-refractivity contribution in [2.45, 2.75) is 44.6 Å². The molecular weight excluding hydrogens is 439 g/mol. The number of carbonyl (C=O) groups excluding carboxylic acids is 1. The molecule has 156 valence electrons. The Bertz CT molecular complexity index is 1160. The van der Waals surface area contributed by atoms with Gasteiger partial charge in [0, 0.05) is 6.54 Å². The number of aromatic nitrogens is 4. The second-order valence-corrected chi connectivity index (χ2v) is 8.62. The molecule has 2 aliphatic heterocycles. The first kappa shape index (κ1) is 19.5. The quantitative estimate of drug-likeness (QED) is 0.562. The molecule has 1 amide bonds. The summed E-state index contributed by atoms with van der Waals surface area (Å²) in [5.41, 5.74) is 1.45. The van der Waals surface area contributed by atoms with Crippen LogP contribution < -0.4 is 0 Å². The number of fused-ring (bicyclic) bond motifs is 4. The van der Waals surface area contributed by atoms with Crippen LogP contribution in [0.1, 0.15) is 46.3 Å². The number of carbonyl (C=O) groups is 1. The minimum absolute atomic E-state index is 0.144. The van der Waals surface area contributed by atoms with Gasteiger partial charge in [0.2, 0.25) is 0 Å². The van der Waals surface area contributed by atoms with Crippen molar-refractivity contribution in [2.24, 2.45) is 0 Å². The summed E-state index contributed by atoms with van der Waals surface area (Å²) in [6.07, 6.45) is -3.22. The minimum atomic E-state index is -4.63. The van der Waals surface area contributed by atoms with E-state index in [1.165, 1.54) is 23.5 Å². The van der Waals surface area contributed by atoms with Gasteiger partial charge < -0.3 is 9.47 Å². The SMILES string of the molecule is Cc1ncsc1-c1nnc2n1C[C@@H]1CC[C@H]2N1C(=O)c1cccc(C(F)(F)F)c1Cl. The van der Waals surface area contributed by atoms with Gasteiger partial charge in [-0.05, 0) is 31.9 Å². The summed E-state index contributed by atoms with van der Waals surface area (Å²) in [7, 11) is 0. The fourth-order valence-corrected chi connectivity index (χ4v) is 5.42. The molecule has 4 heterocycles. The Morgan fingerprint density at radius 1 is 1.27 bits per heavy atom. The lowest BCUT2D eigenvalue weighted by molar-refractivity contribution is -0.137. The lowest BCUT2D eigenvalue weighted by Gasteiger charge is -2.35. The molecule has 2 aromatic heterocycles. The zero-order valence-corrected chi connectivity index (χ0v) is 17.2. The van der Waals surface area contributed by atoms with Crippen molar-refractivity contribution in [2.75, 3.05) is 0 Å². The van der Waals surface area contributed by atoms with Crippen LogP contribution in [0.5, 0.6) is 0 Å². The average Bonchev–Trinajstić information content (AvgIpc) is 3.37. The van der Waals surface area contributed by atoms with E-state index in [9.17, 15) is 18.0 Å². The molecule has 0 saturated carbocycles. The Morgan fingerprint density at radius 3 is 2.77 bits per heavy atom. The highest BCUT2D eigenvalue weighted by Crippen LogP contribution is 2.44. The number of hydrogen-bond acceptors (Lipinski definition) is 5. The van der Waals surface area contributed by atoms with Gasteiger partial charge in [0.15, 0.2) is 11.6 Å². The van der Waals surface area contributed by atoms with Crippen LogP contribution in [0, 0.1) is 6.92 Å². The normalized spacial score (nSPS) is 20.5. The first-order chi connectivity index (χ1) is 14.3. The predicted molar refractivity (Wildman–Crippen MR) is 104 cm³/mol. The third kappa shape index (κ3) is 2.84. The van der Waals surface area contributed by atoms with Crippen LogP contribution >= 0.6 is 22.9 Å². The van der Waals surface area contributed by atoms with Gasteiger partial charge in [0.05, 0.1) is 44.3 Å². The largest absolute Gasteiger partial charge is 0.417 e. The Morgan fingerprint density at radius 2 is 2.07 bits per heavy atom. The molecule has 0 radical (unpaired) electrons. The predicted octanol–water partition coefficient (Wildman–Crippen LogP) is 4.74.